The van der Waals surface area contributed by atoms with Crippen molar-refractivity contribution in [3.8, 4) is 5.75 Å². The predicted molar refractivity (Wildman–Crippen MR) is 71.6 cm³/mol. The number of nitrogens with one attached hydrogen (secondary N) is 2. The summed E-state index contributed by atoms with van der Waals surface area (Å²) >= 11 is 0. The Kier molecular flexibility index (Phi) is 3.48. The zero-order chi connectivity index (χ0) is 14.0. The zero-order valence-corrected chi connectivity index (χ0v) is 11.5. The first-order valence-electron chi connectivity index (χ1n) is 5.78. The Bertz CT molecular complexity index is 692. The Morgan fingerprint density at radius 1 is 1.42 bits per heavy atom. The normalized spacial score (nSPS) is 11.5. The molecule has 1 heterocycles. The molecule has 0 fully saturated rings. The summed E-state index contributed by atoms with van der Waals surface area (Å²) in [5.74, 6) is 0.479. The fraction of sp³-hybridized carbons (Fsp3) is 0.250. The molecule has 0 amide bonds. The van der Waals surface area contributed by atoms with Gasteiger partial charge in [-0.15, -0.1) is 0 Å². The van der Waals surface area contributed by atoms with Crippen molar-refractivity contribution in [3.05, 3.63) is 35.8 Å². The maximum absolute atomic E-state index is 12.1. The summed E-state index contributed by atoms with van der Waals surface area (Å²) in [5, 5.41) is 9.68. The average Bonchev–Trinajstić information content (AvgIpc) is 2.82. The van der Waals surface area contributed by atoms with Crippen LogP contribution in [0.5, 0.6) is 5.75 Å². The van der Waals surface area contributed by atoms with E-state index in [0.717, 1.165) is 5.56 Å². The lowest BCUT2D eigenvalue weighted by atomic mass is 10.2. The third-order valence-corrected chi connectivity index (χ3v) is 3.90. The Balaban J connectivity index is 2.30. The highest BCUT2D eigenvalue weighted by atomic mass is 32.2. The van der Waals surface area contributed by atoms with Crippen LogP contribution in [0.2, 0.25) is 0 Å². The van der Waals surface area contributed by atoms with Crippen LogP contribution in [0.1, 0.15) is 18.3 Å². The van der Waals surface area contributed by atoms with Gasteiger partial charge in [-0.1, -0.05) is 13.0 Å². The van der Waals surface area contributed by atoms with Gasteiger partial charge >= 0.3 is 0 Å². The highest BCUT2D eigenvalue weighted by Gasteiger charge is 2.18. The monoisotopic (exact) mass is 281 g/mol. The number of aromatic amines is 1. The van der Waals surface area contributed by atoms with E-state index in [2.05, 4.69) is 14.7 Å². The number of phenols is 1. The van der Waals surface area contributed by atoms with Crippen LogP contribution in [0, 0.1) is 6.92 Å². The minimum Gasteiger partial charge on any atom is -0.506 e. The second kappa shape index (κ2) is 4.93. The quantitative estimate of drug-likeness (QED) is 0.744. The number of aromatic nitrogens is 2. The molecular weight excluding hydrogens is 266 g/mol. The van der Waals surface area contributed by atoms with E-state index in [9.17, 15) is 13.5 Å². The zero-order valence-electron chi connectivity index (χ0n) is 10.6. The SMILES string of the molecule is CCc1ncc(S(=O)(=O)Nc2ccc(C)cc2O)[nH]1. The second-order valence-corrected chi connectivity index (χ2v) is 5.82. The average molecular weight is 281 g/mol. The van der Waals surface area contributed by atoms with Gasteiger partial charge in [-0.3, -0.25) is 4.72 Å². The van der Waals surface area contributed by atoms with Crippen LogP contribution in [0.25, 0.3) is 0 Å². The van der Waals surface area contributed by atoms with Gasteiger partial charge in [0.25, 0.3) is 10.0 Å². The molecule has 0 spiro atoms. The van der Waals surface area contributed by atoms with Crippen molar-refractivity contribution < 1.29 is 13.5 Å². The third-order valence-electron chi connectivity index (χ3n) is 2.63. The largest absolute Gasteiger partial charge is 0.506 e. The van der Waals surface area contributed by atoms with E-state index in [1.165, 1.54) is 18.3 Å². The molecule has 6 nitrogen and oxygen atoms in total. The number of hydrogen-bond donors (Lipinski definition) is 3. The number of anilines is 1. The van der Waals surface area contributed by atoms with Crippen LogP contribution in [0.4, 0.5) is 5.69 Å². The number of phenolic OH excluding ortho intramolecular Hbond substituents is 1. The molecule has 0 atom stereocenters. The molecule has 0 bridgehead atoms. The topological polar surface area (TPSA) is 95.1 Å². The van der Waals surface area contributed by atoms with Crippen molar-refractivity contribution >= 4 is 15.7 Å². The van der Waals surface area contributed by atoms with Crippen LogP contribution in [-0.4, -0.2) is 23.5 Å². The molecule has 1 aromatic carbocycles. The summed E-state index contributed by atoms with van der Waals surface area (Å²) in [4.78, 5) is 6.65. The molecular formula is C12H15N3O3S. The molecule has 3 N–H and O–H groups in total. The van der Waals surface area contributed by atoms with Crippen molar-refractivity contribution in [2.24, 2.45) is 0 Å². The van der Waals surface area contributed by atoms with Gasteiger partial charge in [0.2, 0.25) is 0 Å². The summed E-state index contributed by atoms with van der Waals surface area (Å²) in [7, 11) is -3.77. The molecule has 0 radical (unpaired) electrons. The van der Waals surface area contributed by atoms with Crippen molar-refractivity contribution in [2.45, 2.75) is 25.3 Å². The van der Waals surface area contributed by atoms with E-state index in [0.29, 0.717) is 12.2 Å². The lowest BCUT2D eigenvalue weighted by molar-refractivity contribution is 0.477. The summed E-state index contributed by atoms with van der Waals surface area (Å²) in [6, 6.07) is 4.71. The molecule has 0 aliphatic heterocycles. The number of rotatable bonds is 4. The number of aromatic hydroxyl groups is 1. The van der Waals surface area contributed by atoms with Crippen molar-refractivity contribution in [1.82, 2.24) is 9.97 Å². The van der Waals surface area contributed by atoms with Crippen molar-refractivity contribution in [2.75, 3.05) is 4.72 Å². The van der Waals surface area contributed by atoms with Gasteiger partial charge in [-0.25, -0.2) is 4.98 Å². The number of sulfonamides is 1. The molecule has 19 heavy (non-hydrogen) atoms. The lowest BCUT2D eigenvalue weighted by Gasteiger charge is -2.08. The van der Waals surface area contributed by atoms with Crippen molar-refractivity contribution in [3.63, 3.8) is 0 Å². The summed E-state index contributed by atoms with van der Waals surface area (Å²) < 4.78 is 26.5. The number of imidazole rings is 1. The second-order valence-electron chi connectivity index (χ2n) is 4.17. The van der Waals surface area contributed by atoms with Crippen LogP contribution in [-0.2, 0) is 16.4 Å². The molecule has 2 rings (SSSR count). The third kappa shape index (κ3) is 2.87. The highest BCUT2D eigenvalue weighted by Crippen LogP contribution is 2.26. The Labute approximate surface area is 111 Å². The minimum absolute atomic E-state index is 0.0238. The fourth-order valence-electron chi connectivity index (χ4n) is 1.59. The molecule has 1 aromatic heterocycles. The van der Waals surface area contributed by atoms with Gasteiger partial charge in [0.15, 0.2) is 5.03 Å². The van der Waals surface area contributed by atoms with E-state index in [1.807, 2.05) is 6.92 Å². The van der Waals surface area contributed by atoms with E-state index < -0.39 is 10.0 Å². The number of H-pyrrole nitrogens is 1. The number of nitrogens with zero attached hydrogens (tertiary/aromatic N) is 1. The molecule has 2 aromatic rings. The van der Waals surface area contributed by atoms with Gasteiger partial charge in [0, 0.05) is 6.42 Å². The summed E-state index contributed by atoms with van der Waals surface area (Å²) in [6.07, 6.45) is 1.87. The first-order valence-corrected chi connectivity index (χ1v) is 7.27. The van der Waals surface area contributed by atoms with Gasteiger partial charge in [-0.2, -0.15) is 8.42 Å². The number of aryl methyl sites for hydroxylation is 2. The van der Waals surface area contributed by atoms with Gasteiger partial charge in [-0.05, 0) is 24.6 Å². The lowest BCUT2D eigenvalue weighted by Crippen LogP contribution is -2.13. The number of benzene rings is 1. The summed E-state index contributed by atoms with van der Waals surface area (Å²) in [6.45, 7) is 3.68. The maximum atomic E-state index is 12.1. The van der Waals surface area contributed by atoms with Crippen molar-refractivity contribution in [1.29, 1.82) is 0 Å². The Hall–Kier alpha value is -2.02. The Morgan fingerprint density at radius 3 is 2.74 bits per heavy atom. The number of hydrogen-bond acceptors (Lipinski definition) is 4. The van der Waals surface area contributed by atoms with E-state index in [4.69, 9.17) is 0 Å². The smallest absolute Gasteiger partial charge is 0.279 e. The molecule has 0 aliphatic rings. The van der Waals surface area contributed by atoms with E-state index >= 15 is 0 Å². The maximum Gasteiger partial charge on any atom is 0.279 e. The van der Waals surface area contributed by atoms with Crippen LogP contribution < -0.4 is 4.72 Å². The molecule has 102 valence electrons. The molecule has 0 unspecified atom stereocenters. The van der Waals surface area contributed by atoms with Crippen LogP contribution in [0.3, 0.4) is 0 Å². The minimum atomic E-state index is -3.77. The van der Waals surface area contributed by atoms with Gasteiger partial charge in [0.1, 0.15) is 11.6 Å². The molecule has 0 aliphatic carbocycles. The Morgan fingerprint density at radius 2 is 2.16 bits per heavy atom. The summed E-state index contributed by atoms with van der Waals surface area (Å²) in [5.41, 5.74) is 0.980. The van der Waals surface area contributed by atoms with Crippen LogP contribution >= 0.6 is 0 Å². The molecule has 7 heteroatoms. The predicted octanol–water partition coefficient (Wildman–Crippen LogP) is 1.79. The first kappa shape index (κ1) is 13.4. The standard InChI is InChI=1S/C12H15N3O3S/c1-3-11-13-7-12(14-11)19(17,18)15-9-5-4-8(2)6-10(9)16/h4-7,15-16H,3H2,1-2H3,(H,13,14). The molecule has 0 saturated carbocycles. The van der Waals surface area contributed by atoms with Crippen LogP contribution in [0.15, 0.2) is 29.4 Å². The van der Waals surface area contributed by atoms with Gasteiger partial charge < -0.3 is 10.1 Å². The fourth-order valence-corrected chi connectivity index (χ4v) is 2.60. The van der Waals surface area contributed by atoms with Gasteiger partial charge in [0.05, 0.1) is 11.9 Å². The highest BCUT2D eigenvalue weighted by molar-refractivity contribution is 7.92. The first-order chi connectivity index (χ1) is 8.92. The molecule has 0 saturated heterocycles. The van der Waals surface area contributed by atoms with E-state index in [1.54, 1.807) is 13.0 Å². The van der Waals surface area contributed by atoms with E-state index in [-0.39, 0.29) is 16.5 Å².